The van der Waals surface area contributed by atoms with Gasteiger partial charge in [0.15, 0.2) is 5.58 Å². The number of anilines is 6. The van der Waals surface area contributed by atoms with E-state index in [4.69, 9.17) is 9.40 Å². The molecule has 0 bridgehead atoms. The van der Waals surface area contributed by atoms with Crippen LogP contribution >= 0.6 is 0 Å². The van der Waals surface area contributed by atoms with Crippen LogP contribution in [0.2, 0.25) is 0 Å². The Morgan fingerprint density at radius 3 is 1.37 bits per heavy atom. The van der Waals surface area contributed by atoms with Crippen LogP contribution in [-0.4, -0.2) is 4.98 Å². The molecular weight excluding hydrogens is 599 g/mol. The van der Waals surface area contributed by atoms with E-state index in [0.717, 1.165) is 72.3 Å². The SMILES string of the molecule is c1ccc(-c2nc3c4ccccc4c4c(N(c5ccccc5)c5ccccc5)cc(N(c5ccccc5)c5ccccc5)cc4c3o2)cc1. The molecule has 4 heteroatoms. The van der Waals surface area contributed by atoms with Gasteiger partial charge < -0.3 is 14.2 Å². The van der Waals surface area contributed by atoms with E-state index < -0.39 is 0 Å². The molecule has 0 saturated heterocycles. The fraction of sp³-hybridized carbons (Fsp3) is 0. The maximum Gasteiger partial charge on any atom is 0.227 e. The molecule has 8 aromatic carbocycles. The first-order valence-corrected chi connectivity index (χ1v) is 16.5. The number of hydrogen-bond donors (Lipinski definition) is 0. The third kappa shape index (κ3) is 5.07. The van der Waals surface area contributed by atoms with Crippen molar-refractivity contribution in [1.29, 1.82) is 0 Å². The van der Waals surface area contributed by atoms with Crippen molar-refractivity contribution < 1.29 is 4.42 Å². The standard InChI is InChI=1S/C45H31N3O/c1-6-18-32(19-7-1)45-46-43-39-29-17-16-28-38(39)42-40(44(43)49-45)30-37(47(33-20-8-2-9-21-33)34-22-10-3-11-23-34)31-41(42)48(35-24-12-4-13-25-35)36-26-14-5-15-27-36/h1-31H. The van der Waals surface area contributed by atoms with Crippen molar-refractivity contribution in [3.8, 4) is 11.5 Å². The van der Waals surface area contributed by atoms with Gasteiger partial charge in [0.05, 0.1) is 5.69 Å². The van der Waals surface area contributed by atoms with E-state index in [1.54, 1.807) is 0 Å². The molecule has 0 aliphatic rings. The first kappa shape index (κ1) is 28.6. The van der Waals surface area contributed by atoms with Crippen LogP contribution in [0.25, 0.3) is 44.1 Å². The number of hydrogen-bond acceptors (Lipinski definition) is 4. The van der Waals surface area contributed by atoms with E-state index in [1.807, 2.05) is 30.3 Å². The quantitative estimate of drug-likeness (QED) is 0.164. The van der Waals surface area contributed by atoms with Gasteiger partial charge >= 0.3 is 0 Å². The molecule has 0 spiro atoms. The third-order valence-corrected chi connectivity index (χ3v) is 9.00. The van der Waals surface area contributed by atoms with Crippen LogP contribution in [0.15, 0.2) is 192 Å². The van der Waals surface area contributed by atoms with Gasteiger partial charge in [0.1, 0.15) is 5.52 Å². The zero-order valence-corrected chi connectivity index (χ0v) is 26.6. The molecule has 0 amide bonds. The molecule has 1 heterocycles. The fourth-order valence-electron chi connectivity index (χ4n) is 6.86. The van der Waals surface area contributed by atoms with Crippen molar-refractivity contribution in [1.82, 2.24) is 4.98 Å². The van der Waals surface area contributed by atoms with Gasteiger partial charge in [-0.2, -0.15) is 0 Å². The smallest absolute Gasteiger partial charge is 0.227 e. The maximum atomic E-state index is 6.82. The van der Waals surface area contributed by atoms with Gasteiger partial charge in [-0.3, -0.25) is 0 Å². The average Bonchev–Trinajstić information content (AvgIpc) is 3.64. The van der Waals surface area contributed by atoms with Crippen LogP contribution in [0.1, 0.15) is 0 Å². The first-order valence-electron chi connectivity index (χ1n) is 16.5. The molecule has 0 unspecified atom stereocenters. The minimum absolute atomic E-state index is 0.603. The second kappa shape index (κ2) is 12.2. The highest BCUT2D eigenvalue weighted by atomic mass is 16.3. The summed E-state index contributed by atoms with van der Waals surface area (Å²) in [6.45, 7) is 0. The predicted octanol–water partition coefficient (Wildman–Crippen LogP) is 12.7. The van der Waals surface area contributed by atoms with E-state index in [9.17, 15) is 0 Å². The number of nitrogens with zero attached hydrogens (tertiary/aromatic N) is 3. The molecule has 1 aromatic heterocycles. The number of oxazole rings is 1. The summed E-state index contributed by atoms with van der Waals surface area (Å²) in [6, 6.07) is 65.5. The lowest BCUT2D eigenvalue weighted by Crippen LogP contribution is -2.14. The van der Waals surface area contributed by atoms with E-state index in [0.29, 0.717) is 5.89 Å². The molecular formula is C45H31N3O. The fourth-order valence-corrected chi connectivity index (χ4v) is 6.86. The minimum Gasteiger partial charge on any atom is -0.435 e. The van der Waals surface area contributed by atoms with Crippen molar-refractivity contribution >= 4 is 66.8 Å². The van der Waals surface area contributed by atoms with Crippen LogP contribution < -0.4 is 9.80 Å². The summed E-state index contributed by atoms with van der Waals surface area (Å²) in [5, 5.41) is 4.25. The van der Waals surface area contributed by atoms with Crippen LogP contribution in [0.3, 0.4) is 0 Å². The van der Waals surface area contributed by atoms with E-state index in [-0.39, 0.29) is 0 Å². The summed E-state index contributed by atoms with van der Waals surface area (Å²) < 4.78 is 6.82. The Balaban J connectivity index is 1.45. The molecule has 0 atom stereocenters. The molecule has 0 radical (unpaired) electrons. The second-order valence-corrected chi connectivity index (χ2v) is 12.0. The largest absolute Gasteiger partial charge is 0.435 e. The number of rotatable bonds is 7. The highest BCUT2D eigenvalue weighted by Gasteiger charge is 2.25. The topological polar surface area (TPSA) is 32.5 Å². The molecule has 0 aliphatic heterocycles. The van der Waals surface area contributed by atoms with Gasteiger partial charge in [-0.05, 0) is 78.2 Å². The van der Waals surface area contributed by atoms with Crippen LogP contribution in [-0.2, 0) is 0 Å². The Hall–Kier alpha value is -6.65. The van der Waals surface area contributed by atoms with Gasteiger partial charge in [-0.25, -0.2) is 4.98 Å². The van der Waals surface area contributed by atoms with Crippen LogP contribution in [0.4, 0.5) is 34.1 Å². The Bertz CT molecular complexity index is 2450. The van der Waals surface area contributed by atoms with Crippen LogP contribution in [0, 0.1) is 0 Å². The molecule has 4 nitrogen and oxygen atoms in total. The first-order chi connectivity index (χ1) is 24.3. The summed E-state index contributed by atoms with van der Waals surface area (Å²) in [6.07, 6.45) is 0. The Morgan fingerprint density at radius 1 is 0.388 bits per heavy atom. The number of para-hydroxylation sites is 4. The molecule has 9 aromatic rings. The zero-order chi connectivity index (χ0) is 32.6. The number of fused-ring (bicyclic) bond motifs is 6. The molecule has 232 valence electrons. The normalized spacial score (nSPS) is 11.3. The van der Waals surface area contributed by atoms with Crippen molar-refractivity contribution in [2.45, 2.75) is 0 Å². The van der Waals surface area contributed by atoms with Crippen molar-refractivity contribution in [2.24, 2.45) is 0 Å². The summed E-state index contributed by atoms with van der Waals surface area (Å²) in [5.41, 5.74) is 8.84. The van der Waals surface area contributed by atoms with Gasteiger partial charge in [0.2, 0.25) is 5.89 Å². The summed E-state index contributed by atoms with van der Waals surface area (Å²) in [4.78, 5) is 9.82. The van der Waals surface area contributed by atoms with Gasteiger partial charge in [-0.1, -0.05) is 115 Å². The van der Waals surface area contributed by atoms with Crippen LogP contribution in [0.5, 0.6) is 0 Å². The lowest BCUT2D eigenvalue weighted by molar-refractivity contribution is 0.623. The van der Waals surface area contributed by atoms with E-state index in [1.165, 1.54) is 0 Å². The summed E-state index contributed by atoms with van der Waals surface area (Å²) in [7, 11) is 0. The lowest BCUT2D eigenvalue weighted by Gasteiger charge is -2.31. The van der Waals surface area contributed by atoms with Gasteiger partial charge in [0.25, 0.3) is 0 Å². The van der Waals surface area contributed by atoms with E-state index >= 15 is 0 Å². The monoisotopic (exact) mass is 629 g/mol. The van der Waals surface area contributed by atoms with Gasteiger partial charge in [-0.15, -0.1) is 0 Å². The second-order valence-electron chi connectivity index (χ2n) is 12.0. The van der Waals surface area contributed by atoms with Crippen molar-refractivity contribution in [3.05, 3.63) is 188 Å². The number of aromatic nitrogens is 1. The molecule has 0 aliphatic carbocycles. The maximum absolute atomic E-state index is 6.82. The molecule has 0 fully saturated rings. The molecule has 49 heavy (non-hydrogen) atoms. The zero-order valence-electron chi connectivity index (χ0n) is 26.6. The highest BCUT2D eigenvalue weighted by Crippen LogP contribution is 2.49. The summed E-state index contributed by atoms with van der Waals surface area (Å²) in [5.74, 6) is 0.603. The minimum atomic E-state index is 0.603. The van der Waals surface area contributed by atoms with E-state index in [2.05, 4.69) is 168 Å². The lowest BCUT2D eigenvalue weighted by atomic mass is 9.96. The Labute approximate surface area is 284 Å². The highest BCUT2D eigenvalue weighted by molar-refractivity contribution is 6.27. The molecule has 0 N–H and O–H groups in total. The third-order valence-electron chi connectivity index (χ3n) is 9.00. The average molecular weight is 630 g/mol. The Kier molecular flexibility index (Phi) is 7.10. The Morgan fingerprint density at radius 2 is 0.837 bits per heavy atom. The predicted molar refractivity (Wildman–Crippen MR) is 204 cm³/mol. The number of benzene rings is 8. The molecule has 0 saturated carbocycles. The van der Waals surface area contributed by atoms with Crippen molar-refractivity contribution in [2.75, 3.05) is 9.80 Å². The van der Waals surface area contributed by atoms with Crippen molar-refractivity contribution in [3.63, 3.8) is 0 Å². The molecule has 9 rings (SSSR count). The van der Waals surface area contributed by atoms with Gasteiger partial charge in [0, 0.05) is 50.2 Å². The summed E-state index contributed by atoms with van der Waals surface area (Å²) >= 11 is 0.